The molecule has 2 aromatic rings. The number of nitrogens with zero attached hydrogens (tertiary/aromatic N) is 1. The molecule has 1 amide bonds. The molecule has 2 unspecified atom stereocenters. The van der Waals surface area contributed by atoms with Crippen LogP contribution in [0.5, 0.6) is 0 Å². The Morgan fingerprint density at radius 3 is 3.00 bits per heavy atom. The van der Waals surface area contributed by atoms with E-state index in [1.165, 1.54) is 24.3 Å². The highest BCUT2D eigenvalue weighted by Crippen LogP contribution is 2.34. The summed E-state index contributed by atoms with van der Waals surface area (Å²) < 4.78 is 9.90. The minimum absolute atomic E-state index is 0.0485. The van der Waals surface area contributed by atoms with Crippen LogP contribution in [0.1, 0.15) is 52.6 Å². The summed E-state index contributed by atoms with van der Waals surface area (Å²) in [6, 6.07) is 8.57. The van der Waals surface area contributed by atoms with Gasteiger partial charge in [-0.3, -0.25) is 4.79 Å². The maximum absolute atomic E-state index is 12.3. The number of carbonyl (C=O) groups excluding carboxylic acids is 1. The first-order chi connectivity index (χ1) is 12.6. The molecule has 0 saturated heterocycles. The summed E-state index contributed by atoms with van der Waals surface area (Å²) in [6.07, 6.45) is 3.29. The van der Waals surface area contributed by atoms with E-state index >= 15 is 0 Å². The average molecular weight is 358 g/mol. The third-order valence-corrected chi connectivity index (χ3v) is 4.70. The van der Waals surface area contributed by atoms with Crippen molar-refractivity contribution in [2.75, 3.05) is 7.11 Å². The summed E-state index contributed by atoms with van der Waals surface area (Å²) in [5.74, 6) is -1.09. The summed E-state index contributed by atoms with van der Waals surface area (Å²) >= 11 is 0. The van der Waals surface area contributed by atoms with E-state index < -0.39 is 17.9 Å². The van der Waals surface area contributed by atoms with Gasteiger partial charge in [0.25, 0.3) is 5.91 Å². The lowest BCUT2D eigenvalue weighted by atomic mass is 9.79. The number of rotatable bonds is 7. The van der Waals surface area contributed by atoms with Crippen LogP contribution in [0.3, 0.4) is 0 Å². The van der Waals surface area contributed by atoms with Gasteiger partial charge in [0, 0.05) is 13.2 Å². The minimum atomic E-state index is -1.05. The molecule has 0 fully saturated rings. The number of methoxy groups -OCH3 is 1. The first-order valence-corrected chi connectivity index (χ1v) is 8.64. The molecule has 2 atom stereocenters. The summed E-state index contributed by atoms with van der Waals surface area (Å²) in [7, 11) is 1.50. The molecule has 0 aliphatic heterocycles. The van der Waals surface area contributed by atoms with Gasteiger partial charge >= 0.3 is 5.97 Å². The Morgan fingerprint density at radius 2 is 2.23 bits per heavy atom. The topological polar surface area (TPSA) is 102 Å². The molecule has 7 nitrogen and oxygen atoms in total. The molecule has 0 radical (unpaired) electrons. The fraction of sp³-hybridized carbons (Fsp3) is 0.421. The number of fused-ring (bicyclic) bond motifs is 1. The van der Waals surface area contributed by atoms with Gasteiger partial charge in [-0.15, -0.1) is 0 Å². The van der Waals surface area contributed by atoms with Gasteiger partial charge < -0.3 is 19.7 Å². The van der Waals surface area contributed by atoms with Crippen molar-refractivity contribution in [3.63, 3.8) is 0 Å². The molecule has 0 saturated carbocycles. The predicted molar refractivity (Wildman–Crippen MR) is 92.8 cm³/mol. The summed E-state index contributed by atoms with van der Waals surface area (Å²) in [5, 5.41) is 15.8. The van der Waals surface area contributed by atoms with Crippen molar-refractivity contribution in [3.05, 3.63) is 52.9 Å². The van der Waals surface area contributed by atoms with E-state index in [0.717, 1.165) is 19.3 Å². The number of aryl methyl sites for hydroxylation is 1. The van der Waals surface area contributed by atoms with E-state index in [-0.39, 0.29) is 18.2 Å². The van der Waals surface area contributed by atoms with Gasteiger partial charge in [0.05, 0.1) is 0 Å². The Kier molecular flexibility index (Phi) is 5.68. The quantitative estimate of drug-likeness (QED) is 0.788. The molecule has 3 rings (SSSR count). The van der Waals surface area contributed by atoms with Crippen molar-refractivity contribution >= 4 is 11.9 Å². The highest BCUT2D eigenvalue weighted by Gasteiger charge is 2.29. The Labute approximate surface area is 151 Å². The predicted octanol–water partition coefficient (Wildman–Crippen LogP) is 2.51. The first kappa shape index (κ1) is 18.1. The van der Waals surface area contributed by atoms with E-state index in [9.17, 15) is 14.7 Å². The summed E-state index contributed by atoms with van der Waals surface area (Å²) in [4.78, 5) is 24.0. The largest absolute Gasteiger partial charge is 0.480 e. The molecular formula is C19H22N2O5. The van der Waals surface area contributed by atoms with Crippen LogP contribution in [-0.2, 0) is 22.6 Å². The van der Waals surface area contributed by atoms with E-state index in [4.69, 9.17) is 9.26 Å². The molecule has 138 valence electrons. The van der Waals surface area contributed by atoms with Crippen molar-refractivity contribution in [2.45, 2.75) is 44.2 Å². The normalized spacial score (nSPS) is 17.3. The molecule has 1 aromatic carbocycles. The number of carboxylic acids is 1. The van der Waals surface area contributed by atoms with Crippen LogP contribution in [0, 0.1) is 0 Å². The van der Waals surface area contributed by atoms with Crippen molar-refractivity contribution in [3.8, 4) is 0 Å². The highest BCUT2D eigenvalue weighted by molar-refractivity contribution is 5.94. The van der Waals surface area contributed by atoms with Crippen LogP contribution < -0.4 is 5.32 Å². The van der Waals surface area contributed by atoms with E-state index in [1.54, 1.807) is 0 Å². The fourth-order valence-corrected chi connectivity index (χ4v) is 3.47. The lowest BCUT2D eigenvalue weighted by molar-refractivity contribution is -0.139. The Morgan fingerprint density at radius 1 is 1.42 bits per heavy atom. The smallest absolute Gasteiger partial charge is 0.326 e. The number of aromatic nitrogens is 1. The van der Waals surface area contributed by atoms with E-state index in [1.807, 2.05) is 12.1 Å². The van der Waals surface area contributed by atoms with Gasteiger partial charge in [-0.1, -0.05) is 29.4 Å². The molecule has 2 N–H and O–H groups in total. The number of nitrogens with one attached hydrogen (secondary N) is 1. The highest BCUT2D eigenvalue weighted by atomic mass is 16.5. The van der Waals surface area contributed by atoms with Gasteiger partial charge in [0.15, 0.2) is 11.5 Å². The average Bonchev–Trinajstić information content (AvgIpc) is 3.10. The number of aliphatic carboxylic acids is 1. The summed E-state index contributed by atoms with van der Waals surface area (Å²) in [6.45, 7) is 0.196. The van der Waals surface area contributed by atoms with Crippen LogP contribution in [-0.4, -0.2) is 35.3 Å². The second-order valence-corrected chi connectivity index (χ2v) is 6.50. The zero-order valence-corrected chi connectivity index (χ0v) is 14.6. The fourth-order valence-electron chi connectivity index (χ4n) is 3.47. The molecule has 7 heteroatoms. The molecule has 0 spiro atoms. The minimum Gasteiger partial charge on any atom is -0.480 e. The number of hydrogen-bond donors (Lipinski definition) is 2. The number of ether oxygens (including phenoxy) is 1. The van der Waals surface area contributed by atoms with Gasteiger partial charge in [-0.05, 0) is 42.7 Å². The second kappa shape index (κ2) is 8.14. The zero-order valence-electron chi connectivity index (χ0n) is 14.6. The van der Waals surface area contributed by atoms with Gasteiger partial charge in [0.1, 0.15) is 12.6 Å². The number of benzene rings is 1. The second-order valence-electron chi connectivity index (χ2n) is 6.50. The molecule has 1 aromatic heterocycles. The van der Waals surface area contributed by atoms with Crippen LogP contribution in [0.2, 0.25) is 0 Å². The van der Waals surface area contributed by atoms with Crippen LogP contribution >= 0.6 is 0 Å². The van der Waals surface area contributed by atoms with Crippen molar-refractivity contribution in [1.29, 1.82) is 0 Å². The summed E-state index contributed by atoms with van der Waals surface area (Å²) in [5.41, 5.74) is 2.50. The maximum Gasteiger partial charge on any atom is 0.326 e. The Hall–Kier alpha value is -2.67. The van der Waals surface area contributed by atoms with Gasteiger partial charge in [-0.2, -0.15) is 0 Å². The van der Waals surface area contributed by atoms with Crippen LogP contribution in [0.15, 0.2) is 34.9 Å². The van der Waals surface area contributed by atoms with Crippen molar-refractivity contribution < 1.29 is 24.0 Å². The number of amides is 1. The number of carboxylic acid groups (broad SMARTS) is 1. The molecular weight excluding hydrogens is 336 g/mol. The molecule has 26 heavy (non-hydrogen) atoms. The third kappa shape index (κ3) is 4.11. The zero-order chi connectivity index (χ0) is 18.5. The lowest BCUT2D eigenvalue weighted by Gasteiger charge is -2.27. The Bertz CT molecular complexity index is 786. The Balaban J connectivity index is 1.70. The number of hydrogen-bond acceptors (Lipinski definition) is 5. The standard InChI is InChI=1S/C19H22N2O5/c1-25-11-14-10-16(21-26-14)18(22)20-17(19(23)24)9-13-7-4-6-12-5-2-3-8-15(12)13/h2-3,5,8,10,13,17H,4,6-7,9,11H2,1H3,(H,20,22)(H,23,24). The molecule has 1 aliphatic rings. The maximum atomic E-state index is 12.3. The first-order valence-electron chi connectivity index (χ1n) is 8.64. The van der Waals surface area contributed by atoms with E-state index in [2.05, 4.69) is 22.6 Å². The van der Waals surface area contributed by atoms with E-state index in [0.29, 0.717) is 12.2 Å². The molecule has 1 heterocycles. The molecule has 1 aliphatic carbocycles. The number of carbonyl (C=O) groups is 2. The monoisotopic (exact) mass is 358 g/mol. The van der Waals surface area contributed by atoms with Crippen LogP contribution in [0.25, 0.3) is 0 Å². The SMILES string of the molecule is COCc1cc(C(=O)NC(CC2CCCc3ccccc32)C(=O)O)no1. The third-order valence-electron chi connectivity index (χ3n) is 4.70. The molecule has 0 bridgehead atoms. The van der Waals surface area contributed by atoms with Crippen LogP contribution in [0.4, 0.5) is 0 Å². The van der Waals surface area contributed by atoms with Crippen molar-refractivity contribution in [2.24, 2.45) is 0 Å². The lowest BCUT2D eigenvalue weighted by Crippen LogP contribution is -2.42. The van der Waals surface area contributed by atoms with Gasteiger partial charge in [0.2, 0.25) is 0 Å². The van der Waals surface area contributed by atoms with Crippen molar-refractivity contribution in [1.82, 2.24) is 10.5 Å². The van der Waals surface area contributed by atoms with Gasteiger partial charge in [-0.25, -0.2) is 4.79 Å².